The molecule has 0 bridgehead atoms. The lowest BCUT2D eigenvalue weighted by Gasteiger charge is -1.76. The summed E-state index contributed by atoms with van der Waals surface area (Å²) in [5.41, 5.74) is 0. The average Bonchev–Trinajstić information content (AvgIpc) is 2.22. The normalized spacial score (nSPS) is 7.08. The summed E-state index contributed by atoms with van der Waals surface area (Å²) in [6.45, 7) is 12.5. The molecule has 0 aliphatic carbocycles. The van der Waals surface area contributed by atoms with Crippen molar-refractivity contribution in [3.8, 4) is 0 Å². The number of hydrogen-bond acceptors (Lipinski definition) is 0. The molecular formula is C12H29F. The van der Waals surface area contributed by atoms with E-state index in [0.717, 1.165) is 0 Å². The molecule has 0 aliphatic heterocycles. The third kappa shape index (κ3) is 153. The van der Waals surface area contributed by atoms with Gasteiger partial charge in [0.2, 0.25) is 0 Å². The van der Waals surface area contributed by atoms with Crippen LogP contribution < -0.4 is 0 Å². The summed E-state index contributed by atoms with van der Waals surface area (Å²) in [6.07, 6.45) is 8.02. The molecule has 0 N–H and O–H groups in total. The van der Waals surface area contributed by atoms with Gasteiger partial charge in [0.1, 0.15) is 0 Å². The summed E-state index contributed by atoms with van der Waals surface area (Å²) < 4.78 is 9.50. The largest absolute Gasteiger partial charge is 0.255 e. The minimum atomic E-state index is 0.500. The first kappa shape index (κ1) is 23.0. The van der Waals surface area contributed by atoms with Crippen molar-refractivity contribution in [2.75, 3.05) is 7.18 Å². The zero-order chi connectivity index (χ0) is 11.5. The standard InChI is InChI=1S/C6H12.C3H8.C2H6.CH3F/c1-3-5-6-4-2;1-3-2;2*1-2/h3,5H,4,6H2,1-2H3;3H2,1-2H3;1-2H3;1H3/b5-3-;;;. The minimum absolute atomic E-state index is 0.500. The van der Waals surface area contributed by atoms with Gasteiger partial charge in [-0.1, -0.05) is 59.6 Å². The van der Waals surface area contributed by atoms with Gasteiger partial charge in [-0.3, -0.25) is 4.39 Å². The van der Waals surface area contributed by atoms with Crippen LogP contribution in [0, 0.1) is 0 Å². The molecule has 0 amide bonds. The van der Waals surface area contributed by atoms with Crippen molar-refractivity contribution in [3.05, 3.63) is 12.2 Å². The Labute approximate surface area is 85.2 Å². The van der Waals surface area contributed by atoms with Gasteiger partial charge in [0.25, 0.3) is 0 Å². The van der Waals surface area contributed by atoms with E-state index in [1.807, 2.05) is 13.8 Å². The fourth-order valence-corrected chi connectivity index (χ4v) is 0.333. The lowest BCUT2D eigenvalue weighted by atomic mass is 10.3. The molecule has 0 fully saturated rings. The van der Waals surface area contributed by atoms with E-state index >= 15 is 0 Å². The van der Waals surface area contributed by atoms with Crippen molar-refractivity contribution in [3.63, 3.8) is 0 Å². The van der Waals surface area contributed by atoms with Gasteiger partial charge in [-0.15, -0.1) is 0 Å². The van der Waals surface area contributed by atoms with Crippen LogP contribution in [0.25, 0.3) is 0 Å². The molecule has 0 spiro atoms. The van der Waals surface area contributed by atoms with E-state index in [1.54, 1.807) is 0 Å². The van der Waals surface area contributed by atoms with Gasteiger partial charge in [-0.2, -0.15) is 0 Å². The van der Waals surface area contributed by atoms with E-state index in [9.17, 15) is 4.39 Å². The van der Waals surface area contributed by atoms with Crippen molar-refractivity contribution in [1.82, 2.24) is 0 Å². The molecule has 0 saturated heterocycles. The molecule has 0 aromatic carbocycles. The summed E-state index contributed by atoms with van der Waals surface area (Å²) >= 11 is 0. The zero-order valence-corrected chi connectivity index (χ0v) is 10.7. The maximum atomic E-state index is 9.50. The van der Waals surface area contributed by atoms with E-state index in [-0.39, 0.29) is 0 Å². The Kier molecular flexibility index (Phi) is 108. The highest BCUT2D eigenvalue weighted by molar-refractivity contribution is 4.75. The van der Waals surface area contributed by atoms with Crippen LogP contribution in [0.1, 0.15) is 60.8 Å². The summed E-state index contributed by atoms with van der Waals surface area (Å²) in [4.78, 5) is 0. The number of halogens is 1. The van der Waals surface area contributed by atoms with Crippen LogP contribution in [0.5, 0.6) is 0 Å². The van der Waals surface area contributed by atoms with Crippen molar-refractivity contribution < 1.29 is 4.39 Å². The molecule has 0 heterocycles. The highest BCUT2D eigenvalue weighted by Crippen LogP contribution is 1.85. The molecule has 13 heavy (non-hydrogen) atoms. The van der Waals surface area contributed by atoms with Crippen LogP contribution in [-0.4, -0.2) is 7.18 Å². The highest BCUT2D eigenvalue weighted by atomic mass is 19.1. The van der Waals surface area contributed by atoms with Gasteiger partial charge in [0.05, 0.1) is 7.18 Å². The highest BCUT2D eigenvalue weighted by Gasteiger charge is 1.64. The third-order valence-corrected chi connectivity index (χ3v) is 0.691. The van der Waals surface area contributed by atoms with Crippen molar-refractivity contribution in [2.45, 2.75) is 60.8 Å². The number of unbranched alkanes of at least 4 members (excludes halogenated alkanes) is 1. The van der Waals surface area contributed by atoms with Gasteiger partial charge >= 0.3 is 0 Å². The third-order valence-electron chi connectivity index (χ3n) is 0.691. The Morgan fingerprint density at radius 2 is 1.31 bits per heavy atom. The number of hydrogen-bond donors (Lipinski definition) is 0. The Morgan fingerprint density at radius 1 is 1.00 bits per heavy atom. The summed E-state index contributed by atoms with van der Waals surface area (Å²) in [5.74, 6) is 0. The number of allylic oxidation sites excluding steroid dienone is 2. The van der Waals surface area contributed by atoms with Crippen LogP contribution in [0.3, 0.4) is 0 Å². The fraction of sp³-hybridized carbons (Fsp3) is 0.833. The molecule has 0 radical (unpaired) electrons. The van der Waals surface area contributed by atoms with Crippen LogP contribution in [0.2, 0.25) is 0 Å². The maximum Gasteiger partial charge on any atom is 0.0785 e. The Morgan fingerprint density at radius 3 is 1.38 bits per heavy atom. The number of alkyl halides is 1. The fourth-order valence-electron chi connectivity index (χ4n) is 0.333. The van der Waals surface area contributed by atoms with E-state index in [1.165, 1.54) is 19.3 Å². The van der Waals surface area contributed by atoms with Crippen LogP contribution >= 0.6 is 0 Å². The molecule has 0 atom stereocenters. The Hall–Kier alpha value is -0.330. The Balaban J connectivity index is -0.0000000493. The second-order valence-electron chi connectivity index (χ2n) is 2.06. The van der Waals surface area contributed by atoms with Gasteiger partial charge in [0, 0.05) is 0 Å². The summed E-state index contributed by atoms with van der Waals surface area (Å²) in [6, 6.07) is 0. The molecule has 1 heteroatoms. The van der Waals surface area contributed by atoms with Gasteiger partial charge < -0.3 is 0 Å². The second-order valence-corrected chi connectivity index (χ2v) is 2.06. The first-order chi connectivity index (χ1) is 6.33. The predicted molar refractivity (Wildman–Crippen MR) is 64.1 cm³/mol. The maximum absolute atomic E-state index is 9.50. The topological polar surface area (TPSA) is 0 Å². The quantitative estimate of drug-likeness (QED) is 0.514. The SMILES string of the molecule is C/C=C\CCC.CC.CCC.CF. The van der Waals surface area contributed by atoms with E-state index in [2.05, 4.69) is 39.8 Å². The van der Waals surface area contributed by atoms with Crippen molar-refractivity contribution in [2.24, 2.45) is 0 Å². The molecule has 0 aromatic rings. The lowest BCUT2D eigenvalue weighted by molar-refractivity contribution is 0.636. The van der Waals surface area contributed by atoms with E-state index in [0.29, 0.717) is 7.18 Å². The first-order valence-corrected chi connectivity index (χ1v) is 5.32. The second kappa shape index (κ2) is 60.9. The first-order valence-electron chi connectivity index (χ1n) is 5.32. The number of rotatable bonds is 2. The van der Waals surface area contributed by atoms with Crippen LogP contribution in [0.4, 0.5) is 4.39 Å². The molecule has 0 saturated carbocycles. The summed E-state index contributed by atoms with van der Waals surface area (Å²) in [7, 11) is 0.500. The van der Waals surface area contributed by atoms with Gasteiger partial charge in [0.15, 0.2) is 0 Å². The molecule has 0 rings (SSSR count). The Bertz CT molecular complexity index is 49.1. The van der Waals surface area contributed by atoms with E-state index in [4.69, 9.17) is 0 Å². The van der Waals surface area contributed by atoms with Crippen LogP contribution in [-0.2, 0) is 0 Å². The smallest absolute Gasteiger partial charge is 0.0785 e. The van der Waals surface area contributed by atoms with Crippen molar-refractivity contribution >= 4 is 0 Å². The predicted octanol–water partition coefficient (Wildman–Crippen LogP) is 5.39. The van der Waals surface area contributed by atoms with Gasteiger partial charge in [-0.05, 0) is 13.3 Å². The summed E-state index contributed by atoms with van der Waals surface area (Å²) in [5, 5.41) is 0. The average molecular weight is 192 g/mol. The van der Waals surface area contributed by atoms with E-state index < -0.39 is 0 Å². The van der Waals surface area contributed by atoms with Gasteiger partial charge in [-0.25, -0.2) is 0 Å². The molecule has 0 aromatic heterocycles. The lowest BCUT2D eigenvalue weighted by Crippen LogP contribution is -1.55. The zero-order valence-electron chi connectivity index (χ0n) is 10.7. The minimum Gasteiger partial charge on any atom is -0.255 e. The molecule has 0 nitrogen and oxygen atoms in total. The molecule has 84 valence electrons. The monoisotopic (exact) mass is 192 g/mol. The molecular weight excluding hydrogens is 163 g/mol. The molecule has 0 unspecified atom stereocenters. The molecule has 0 aliphatic rings. The van der Waals surface area contributed by atoms with Crippen molar-refractivity contribution in [1.29, 1.82) is 0 Å². The van der Waals surface area contributed by atoms with Crippen LogP contribution in [0.15, 0.2) is 12.2 Å².